The van der Waals surface area contributed by atoms with Crippen molar-refractivity contribution in [3.63, 3.8) is 0 Å². The van der Waals surface area contributed by atoms with E-state index in [0.717, 1.165) is 25.9 Å². The minimum absolute atomic E-state index is 0.199. The average molecular weight is 426 g/mol. The van der Waals surface area contributed by atoms with E-state index in [1.807, 2.05) is 0 Å². The van der Waals surface area contributed by atoms with Gasteiger partial charge in [0.05, 0.1) is 0 Å². The van der Waals surface area contributed by atoms with E-state index in [2.05, 4.69) is 105 Å². The van der Waals surface area contributed by atoms with Crippen LogP contribution in [0, 0.1) is 6.92 Å². The molecule has 0 amide bonds. The van der Waals surface area contributed by atoms with Gasteiger partial charge in [-0.1, -0.05) is 84.4 Å². The first-order valence-electron chi connectivity index (χ1n) is 11.9. The summed E-state index contributed by atoms with van der Waals surface area (Å²) < 4.78 is 0. The number of aliphatic hydroxyl groups excluding tert-OH is 1. The fraction of sp³-hybridized carbons (Fsp3) is 0.333. The Labute approximate surface area is 193 Å². The van der Waals surface area contributed by atoms with Gasteiger partial charge in [-0.05, 0) is 67.0 Å². The van der Waals surface area contributed by atoms with Gasteiger partial charge in [-0.2, -0.15) is 0 Å². The summed E-state index contributed by atoms with van der Waals surface area (Å²) in [5.41, 5.74) is 8.97. The molecule has 32 heavy (non-hydrogen) atoms. The number of aryl methyl sites for hydroxylation is 1. The van der Waals surface area contributed by atoms with Crippen molar-refractivity contribution in [2.45, 2.75) is 45.6 Å². The Bertz CT molecular complexity index is 1030. The average Bonchev–Trinajstić information content (AvgIpc) is 2.77. The zero-order chi connectivity index (χ0) is 22.5. The summed E-state index contributed by atoms with van der Waals surface area (Å²) in [5.74, 6) is 0.640. The third-order valence-electron chi connectivity index (χ3n) is 6.66. The molecule has 1 heterocycles. The van der Waals surface area contributed by atoms with Crippen LogP contribution in [0.1, 0.15) is 60.4 Å². The number of likely N-dealkylation sites (tertiary alicyclic amines) is 1. The number of nitrogens with zero attached hydrogens (tertiary/aromatic N) is 1. The fourth-order valence-electron chi connectivity index (χ4n) is 4.61. The Morgan fingerprint density at radius 1 is 0.844 bits per heavy atom. The predicted molar refractivity (Wildman–Crippen MR) is 136 cm³/mol. The van der Waals surface area contributed by atoms with E-state index < -0.39 is 0 Å². The first kappa shape index (κ1) is 22.5. The summed E-state index contributed by atoms with van der Waals surface area (Å²) in [4.78, 5) is 2.53. The van der Waals surface area contributed by atoms with E-state index >= 15 is 0 Å². The Morgan fingerprint density at radius 2 is 1.44 bits per heavy atom. The SMILES string of the molecule is Cc1ccc(C(=C(CCCO)c2ccccc2)c2ccc(C3CN(C(C)C)C3)cc2)cc1. The molecule has 3 aromatic rings. The fourth-order valence-corrected chi connectivity index (χ4v) is 4.61. The summed E-state index contributed by atoms with van der Waals surface area (Å²) in [6.07, 6.45) is 1.60. The molecule has 166 valence electrons. The third kappa shape index (κ3) is 5.03. The molecule has 2 heteroatoms. The first-order chi connectivity index (χ1) is 15.6. The van der Waals surface area contributed by atoms with Crippen LogP contribution < -0.4 is 0 Å². The van der Waals surface area contributed by atoms with Gasteiger partial charge in [0, 0.05) is 31.7 Å². The highest BCUT2D eigenvalue weighted by Crippen LogP contribution is 2.36. The van der Waals surface area contributed by atoms with Gasteiger partial charge in [-0.3, -0.25) is 4.90 Å². The Morgan fingerprint density at radius 3 is 2.00 bits per heavy atom. The molecule has 3 aromatic carbocycles. The maximum Gasteiger partial charge on any atom is 0.0434 e. The summed E-state index contributed by atoms with van der Waals surface area (Å²) in [6, 6.07) is 29.3. The van der Waals surface area contributed by atoms with Crippen molar-refractivity contribution in [1.82, 2.24) is 4.90 Å². The number of hydrogen-bond donors (Lipinski definition) is 1. The minimum atomic E-state index is 0.199. The van der Waals surface area contributed by atoms with Crippen LogP contribution in [0.5, 0.6) is 0 Å². The molecule has 0 aliphatic carbocycles. The van der Waals surface area contributed by atoms with Crippen molar-refractivity contribution in [2.24, 2.45) is 0 Å². The van der Waals surface area contributed by atoms with Crippen LogP contribution in [0.4, 0.5) is 0 Å². The van der Waals surface area contributed by atoms with E-state index in [-0.39, 0.29) is 6.61 Å². The lowest BCUT2D eigenvalue weighted by Gasteiger charge is -2.42. The maximum absolute atomic E-state index is 9.59. The van der Waals surface area contributed by atoms with Gasteiger partial charge < -0.3 is 5.11 Å². The van der Waals surface area contributed by atoms with Gasteiger partial charge >= 0.3 is 0 Å². The van der Waals surface area contributed by atoms with Crippen LogP contribution >= 0.6 is 0 Å². The molecular formula is C30H35NO. The molecule has 0 unspecified atom stereocenters. The normalized spacial score (nSPS) is 15.5. The molecule has 0 atom stereocenters. The highest BCUT2D eigenvalue weighted by atomic mass is 16.2. The van der Waals surface area contributed by atoms with Crippen LogP contribution in [0.2, 0.25) is 0 Å². The summed E-state index contributed by atoms with van der Waals surface area (Å²) >= 11 is 0. The lowest BCUT2D eigenvalue weighted by atomic mass is 9.85. The smallest absolute Gasteiger partial charge is 0.0434 e. The van der Waals surface area contributed by atoms with E-state index in [9.17, 15) is 5.11 Å². The molecule has 1 aliphatic heterocycles. The lowest BCUT2D eigenvalue weighted by Crippen LogP contribution is -2.48. The summed E-state index contributed by atoms with van der Waals surface area (Å²) in [6.45, 7) is 9.19. The molecule has 0 saturated carbocycles. The second kappa shape index (κ2) is 10.3. The van der Waals surface area contributed by atoms with Gasteiger partial charge in [0.2, 0.25) is 0 Å². The third-order valence-corrected chi connectivity index (χ3v) is 6.66. The van der Waals surface area contributed by atoms with Crippen molar-refractivity contribution in [3.8, 4) is 0 Å². The monoisotopic (exact) mass is 425 g/mol. The molecule has 2 nitrogen and oxygen atoms in total. The second-order valence-corrected chi connectivity index (χ2v) is 9.28. The molecule has 1 N–H and O–H groups in total. The van der Waals surface area contributed by atoms with Crippen molar-refractivity contribution in [2.75, 3.05) is 19.7 Å². The van der Waals surface area contributed by atoms with Crippen molar-refractivity contribution in [1.29, 1.82) is 0 Å². The molecular weight excluding hydrogens is 390 g/mol. The molecule has 0 aromatic heterocycles. The van der Waals surface area contributed by atoms with Crippen LogP contribution in [0.25, 0.3) is 11.1 Å². The highest BCUT2D eigenvalue weighted by Gasteiger charge is 2.29. The van der Waals surface area contributed by atoms with Crippen LogP contribution in [-0.4, -0.2) is 35.7 Å². The topological polar surface area (TPSA) is 23.5 Å². The number of aliphatic hydroxyl groups is 1. The van der Waals surface area contributed by atoms with Crippen LogP contribution in [0.3, 0.4) is 0 Å². The van der Waals surface area contributed by atoms with E-state index in [1.165, 1.54) is 39.0 Å². The van der Waals surface area contributed by atoms with Gasteiger partial charge in [0.25, 0.3) is 0 Å². The lowest BCUT2D eigenvalue weighted by molar-refractivity contribution is 0.110. The first-order valence-corrected chi connectivity index (χ1v) is 11.9. The Balaban J connectivity index is 1.75. The van der Waals surface area contributed by atoms with Crippen LogP contribution in [0.15, 0.2) is 78.9 Å². The van der Waals surface area contributed by atoms with Crippen molar-refractivity contribution in [3.05, 3.63) is 107 Å². The van der Waals surface area contributed by atoms with Gasteiger partial charge in [-0.15, -0.1) is 0 Å². The van der Waals surface area contributed by atoms with Gasteiger partial charge in [0.15, 0.2) is 0 Å². The summed E-state index contributed by atoms with van der Waals surface area (Å²) in [7, 11) is 0. The quantitative estimate of drug-likeness (QED) is 0.415. The number of rotatable bonds is 8. The number of benzene rings is 3. The van der Waals surface area contributed by atoms with Crippen LogP contribution in [-0.2, 0) is 0 Å². The van der Waals surface area contributed by atoms with E-state index in [1.54, 1.807) is 0 Å². The molecule has 0 radical (unpaired) electrons. The van der Waals surface area contributed by atoms with E-state index in [0.29, 0.717) is 12.0 Å². The minimum Gasteiger partial charge on any atom is -0.396 e. The largest absolute Gasteiger partial charge is 0.396 e. The Hall–Kier alpha value is -2.68. The predicted octanol–water partition coefficient (Wildman–Crippen LogP) is 6.53. The molecule has 1 saturated heterocycles. The number of hydrogen-bond acceptors (Lipinski definition) is 2. The molecule has 1 fully saturated rings. The summed E-state index contributed by atoms with van der Waals surface area (Å²) in [5, 5.41) is 9.59. The maximum atomic E-state index is 9.59. The zero-order valence-corrected chi connectivity index (χ0v) is 19.6. The van der Waals surface area contributed by atoms with Crippen molar-refractivity contribution >= 4 is 11.1 Å². The number of allylic oxidation sites excluding steroid dienone is 1. The molecule has 0 bridgehead atoms. The zero-order valence-electron chi connectivity index (χ0n) is 19.6. The standard InChI is InChI=1S/C30H35NO/c1-22(2)31-20-28(21-31)24-15-17-27(18-16-24)30(26-13-11-23(3)12-14-26)29(10-7-19-32)25-8-5-4-6-9-25/h4-6,8-9,11-18,22,28,32H,7,10,19-21H2,1-3H3. The molecule has 4 rings (SSSR count). The van der Waals surface area contributed by atoms with E-state index in [4.69, 9.17) is 0 Å². The van der Waals surface area contributed by atoms with Gasteiger partial charge in [0.1, 0.15) is 0 Å². The highest BCUT2D eigenvalue weighted by molar-refractivity contribution is 5.98. The second-order valence-electron chi connectivity index (χ2n) is 9.28. The molecule has 1 aliphatic rings. The van der Waals surface area contributed by atoms with Crippen molar-refractivity contribution < 1.29 is 5.11 Å². The van der Waals surface area contributed by atoms with Gasteiger partial charge in [-0.25, -0.2) is 0 Å². The molecule has 0 spiro atoms. The Kier molecular flexibility index (Phi) is 7.24.